The number of nitrogens with one attached hydrogen (secondary N) is 3. The van der Waals surface area contributed by atoms with E-state index >= 15 is 0 Å². The van der Waals surface area contributed by atoms with Gasteiger partial charge in [-0.1, -0.05) is 6.07 Å². The molecule has 0 fully saturated rings. The number of hydrogen-bond donors (Lipinski definition) is 4. The SMILES string of the molecule is COc1cc2c3[nH][nH]c(NCc4c(F)cccc4F)c-3cc2cc1OCCCO. The molecule has 0 saturated heterocycles. The zero-order valence-electron chi connectivity index (χ0n) is 15.8. The van der Waals surface area contributed by atoms with Crippen LogP contribution in [-0.2, 0) is 6.54 Å². The number of H-pyrrole nitrogens is 2. The first kappa shape index (κ1) is 19.1. The number of hydrogen-bond acceptors (Lipinski definition) is 4. The highest BCUT2D eigenvalue weighted by Crippen LogP contribution is 2.42. The number of halogens is 2. The van der Waals surface area contributed by atoms with Crippen LogP contribution in [-0.4, -0.2) is 35.6 Å². The van der Waals surface area contributed by atoms with Gasteiger partial charge in [0.25, 0.3) is 0 Å². The van der Waals surface area contributed by atoms with Crippen LogP contribution < -0.4 is 14.8 Å². The molecule has 0 unspecified atom stereocenters. The minimum absolute atomic E-state index is 0.00231. The molecule has 0 aromatic heterocycles. The van der Waals surface area contributed by atoms with E-state index in [1.54, 1.807) is 7.11 Å². The summed E-state index contributed by atoms with van der Waals surface area (Å²) in [6.07, 6.45) is 0.526. The summed E-state index contributed by atoms with van der Waals surface area (Å²) in [5, 5.41) is 19.9. The highest BCUT2D eigenvalue weighted by atomic mass is 19.1. The van der Waals surface area contributed by atoms with E-state index in [1.807, 2.05) is 18.2 Å². The van der Waals surface area contributed by atoms with Crippen LogP contribution in [0.4, 0.5) is 14.6 Å². The molecular weight excluding hydrogens is 380 g/mol. The second kappa shape index (κ2) is 8.00. The van der Waals surface area contributed by atoms with E-state index in [0.29, 0.717) is 30.3 Å². The Morgan fingerprint density at radius 3 is 2.59 bits per heavy atom. The molecule has 4 N–H and O–H groups in total. The van der Waals surface area contributed by atoms with Gasteiger partial charge < -0.3 is 19.9 Å². The van der Waals surface area contributed by atoms with Crippen molar-refractivity contribution in [3.8, 4) is 22.8 Å². The molecule has 6 nitrogen and oxygen atoms in total. The molecule has 1 heterocycles. The van der Waals surface area contributed by atoms with Gasteiger partial charge in [-0.3, -0.25) is 10.2 Å². The number of benzene rings is 2. The number of aliphatic hydroxyl groups excluding tert-OH is 1. The Kier molecular flexibility index (Phi) is 5.26. The molecule has 2 aromatic carbocycles. The molecule has 1 aliphatic carbocycles. The molecule has 152 valence electrons. The Labute approximate surface area is 165 Å². The third-order valence-electron chi connectivity index (χ3n) is 4.82. The summed E-state index contributed by atoms with van der Waals surface area (Å²) in [7, 11) is 1.57. The number of methoxy groups -OCH3 is 1. The van der Waals surface area contributed by atoms with Gasteiger partial charge in [-0.25, -0.2) is 8.78 Å². The van der Waals surface area contributed by atoms with E-state index in [0.717, 1.165) is 22.0 Å². The van der Waals surface area contributed by atoms with Crippen LogP contribution in [0.25, 0.3) is 22.0 Å². The lowest BCUT2D eigenvalue weighted by atomic mass is 10.2. The summed E-state index contributed by atoms with van der Waals surface area (Å²) < 4.78 is 38.9. The monoisotopic (exact) mass is 401 g/mol. The molecular formula is C21H21F2N3O3. The average molecular weight is 401 g/mol. The lowest BCUT2D eigenvalue weighted by Crippen LogP contribution is -2.05. The van der Waals surface area contributed by atoms with Crippen molar-refractivity contribution in [1.82, 2.24) is 10.2 Å². The number of aromatic nitrogens is 2. The van der Waals surface area contributed by atoms with E-state index in [1.165, 1.54) is 18.2 Å². The van der Waals surface area contributed by atoms with Crippen molar-refractivity contribution >= 4 is 16.6 Å². The Bertz CT molecular complexity index is 1090. The number of aliphatic hydroxyl groups is 1. The highest BCUT2D eigenvalue weighted by molar-refractivity contribution is 6.05. The molecule has 0 amide bonds. The molecule has 4 rings (SSSR count). The fourth-order valence-electron chi connectivity index (χ4n) is 3.34. The van der Waals surface area contributed by atoms with Gasteiger partial charge in [0.1, 0.15) is 17.5 Å². The fraction of sp³-hybridized carbons (Fsp3) is 0.238. The number of anilines is 1. The van der Waals surface area contributed by atoms with Crippen molar-refractivity contribution < 1.29 is 23.4 Å². The first-order valence-corrected chi connectivity index (χ1v) is 9.23. The molecule has 1 aliphatic heterocycles. The Morgan fingerprint density at radius 2 is 1.86 bits per heavy atom. The van der Waals surface area contributed by atoms with Gasteiger partial charge >= 0.3 is 0 Å². The Balaban J connectivity index is 1.63. The van der Waals surface area contributed by atoms with Crippen LogP contribution in [0.2, 0.25) is 0 Å². The van der Waals surface area contributed by atoms with Crippen LogP contribution >= 0.6 is 0 Å². The molecule has 2 aromatic rings. The van der Waals surface area contributed by atoms with E-state index in [-0.39, 0.29) is 18.7 Å². The maximum Gasteiger partial charge on any atom is 0.161 e. The number of ether oxygens (including phenoxy) is 2. The lowest BCUT2D eigenvalue weighted by molar-refractivity contribution is 0.228. The molecule has 0 atom stereocenters. The normalized spacial score (nSPS) is 11.3. The van der Waals surface area contributed by atoms with Gasteiger partial charge in [0.15, 0.2) is 11.5 Å². The molecule has 8 heteroatoms. The van der Waals surface area contributed by atoms with E-state index in [9.17, 15) is 8.78 Å². The maximum absolute atomic E-state index is 13.9. The topological polar surface area (TPSA) is 82.3 Å². The second-order valence-corrected chi connectivity index (χ2v) is 6.63. The fourth-order valence-corrected chi connectivity index (χ4v) is 3.34. The van der Waals surface area contributed by atoms with Crippen molar-refractivity contribution in [3.63, 3.8) is 0 Å². The van der Waals surface area contributed by atoms with E-state index < -0.39 is 11.6 Å². The standard InChI is InChI=1S/C21H21F2N3O3/c1-28-18-10-13-12(9-19(18)29-7-3-6-27)8-14-20(13)25-26-21(14)24-11-15-16(22)4-2-5-17(15)23/h2,4-5,8-10,24-27H,3,6-7,11H2,1H3. The molecule has 0 spiro atoms. The van der Waals surface area contributed by atoms with Crippen molar-refractivity contribution in [1.29, 1.82) is 0 Å². The zero-order valence-corrected chi connectivity index (χ0v) is 15.8. The van der Waals surface area contributed by atoms with Gasteiger partial charge in [-0.15, -0.1) is 0 Å². The van der Waals surface area contributed by atoms with Crippen molar-refractivity contribution in [2.45, 2.75) is 13.0 Å². The molecule has 0 bridgehead atoms. The zero-order chi connectivity index (χ0) is 20.4. The van der Waals surface area contributed by atoms with Gasteiger partial charge in [0.05, 0.1) is 19.4 Å². The predicted molar refractivity (Wildman–Crippen MR) is 107 cm³/mol. The van der Waals surface area contributed by atoms with Gasteiger partial charge in [-0.05, 0) is 35.7 Å². The van der Waals surface area contributed by atoms with Gasteiger partial charge in [-0.2, -0.15) is 0 Å². The van der Waals surface area contributed by atoms with Crippen LogP contribution in [0.15, 0.2) is 36.4 Å². The van der Waals surface area contributed by atoms with Crippen LogP contribution in [0.5, 0.6) is 11.5 Å². The van der Waals surface area contributed by atoms with E-state index in [2.05, 4.69) is 15.5 Å². The molecule has 2 aliphatic rings. The maximum atomic E-state index is 13.9. The number of rotatable bonds is 8. The van der Waals surface area contributed by atoms with Crippen molar-refractivity contribution in [3.05, 3.63) is 53.6 Å². The summed E-state index contributed by atoms with van der Waals surface area (Å²) in [6.45, 7) is 0.436. The lowest BCUT2D eigenvalue weighted by Gasteiger charge is -2.10. The van der Waals surface area contributed by atoms with Gasteiger partial charge in [0, 0.05) is 36.1 Å². The summed E-state index contributed by atoms with van der Waals surface area (Å²) >= 11 is 0. The predicted octanol–water partition coefficient (Wildman–Crippen LogP) is 4.26. The molecule has 29 heavy (non-hydrogen) atoms. The van der Waals surface area contributed by atoms with Gasteiger partial charge in [0.2, 0.25) is 0 Å². The van der Waals surface area contributed by atoms with Crippen LogP contribution in [0.1, 0.15) is 12.0 Å². The molecule has 0 saturated carbocycles. The summed E-state index contributed by atoms with van der Waals surface area (Å²) in [5.41, 5.74) is 1.68. The van der Waals surface area contributed by atoms with Crippen LogP contribution in [0.3, 0.4) is 0 Å². The smallest absolute Gasteiger partial charge is 0.161 e. The summed E-state index contributed by atoms with van der Waals surface area (Å²) in [4.78, 5) is 0. The number of fused-ring (bicyclic) bond motifs is 3. The highest BCUT2D eigenvalue weighted by Gasteiger charge is 2.20. The Morgan fingerprint density at radius 1 is 1.07 bits per heavy atom. The Hall–Kier alpha value is -3.26. The largest absolute Gasteiger partial charge is 0.493 e. The summed E-state index contributed by atoms with van der Waals surface area (Å²) in [5.74, 6) is 0.617. The first-order chi connectivity index (χ1) is 14.1. The minimum Gasteiger partial charge on any atom is -0.493 e. The summed E-state index contributed by atoms with van der Waals surface area (Å²) in [6, 6.07) is 9.51. The van der Waals surface area contributed by atoms with Crippen molar-refractivity contribution in [2.75, 3.05) is 25.6 Å². The molecule has 0 radical (unpaired) electrons. The van der Waals surface area contributed by atoms with Crippen LogP contribution in [0, 0.1) is 11.6 Å². The number of aromatic amines is 2. The van der Waals surface area contributed by atoms with E-state index in [4.69, 9.17) is 14.6 Å². The second-order valence-electron chi connectivity index (χ2n) is 6.63. The minimum atomic E-state index is -0.591. The quantitative estimate of drug-likeness (QED) is 0.333. The van der Waals surface area contributed by atoms with Crippen molar-refractivity contribution in [2.24, 2.45) is 0 Å². The third kappa shape index (κ3) is 3.58. The third-order valence-corrected chi connectivity index (χ3v) is 4.82. The average Bonchev–Trinajstić information content (AvgIpc) is 3.26. The first-order valence-electron chi connectivity index (χ1n) is 9.23.